The minimum Gasteiger partial charge on any atom is -0.497 e. The van der Waals surface area contributed by atoms with Gasteiger partial charge in [-0.1, -0.05) is 36.4 Å². The van der Waals surface area contributed by atoms with Crippen LogP contribution in [-0.4, -0.2) is 26.0 Å². The highest BCUT2D eigenvalue weighted by Crippen LogP contribution is 2.38. The normalized spacial score (nSPS) is 14.2. The summed E-state index contributed by atoms with van der Waals surface area (Å²) in [4.78, 5) is 29.3. The van der Waals surface area contributed by atoms with Gasteiger partial charge < -0.3 is 9.64 Å². The summed E-state index contributed by atoms with van der Waals surface area (Å²) in [6.07, 6.45) is -4.61. The summed E-state index contributed by atoms with van der Waals surface area (Å²) in [6.45, 7) is 0. The van der Waals surface area contributed by atoms with Gasteiger partial charge in [0.25, 0.3) is 11.8 Å². The van der Waals surface area contributed by atoms with Crippen LogP contribution in [0.5, 0.6) is 5.75 Å². The first-order valence-corrected chi connectivity index (χ1v) is 9.96. The average Bonchev–Trinajstić information content (AvgIpc) is 3.08. The maximum Gasteiger partial charge on any atom is 0.416 e. The fourth-order valence-electron chi connectivity index (χ4n) is 3.68. The zero-order chi connectivity index (χ0) is 23.8. The predicted molar refractivity (Wildman–Crippen MR) is 119 cm³/mol. The smallest absolute Gasteiger partial charge is 0.416 e. The Morgan fingerprint density at radius 3 is 2.12 bits per heavy atom. The molecule has 2 amide bonds. The Bertz CT molecular complexity index is 1240. The number of imide groups is 1. The molecule has 1 heterocycles. The van der Waals surface area contributed by atoms with Crippen LogP contribution in [0.4, 0.5) is 24.5 Å². The minimum absolute atomic E-state index is 0.0637. The van der Waals surface area contributed by atoms with Crippen molar-refractivity contribution in [3.05, 3.63) is 95.7 Å². The number of likely N-dealkylation sites (N-methyl/N-ethyl adjacent to an activating group) is 1. The van der Waals surface area contributed by atoms with Gasteiger partial charge in [-0.2, -0.15) is 13.2 Å². The molecule has 0 atom stereocenters. The molecule has 0 radical (unpaired) electrons. The molecule has 33 heavy (non-hydrogen) atoms. The predicted octanol–water partition coefficient (Wildman–Crippen LogP) is 5.13. The molecule has 168 valence electrons. The van der Waals surface area contributed by atoms with Crippen LogP contribution in [0.15, 0.2) is 84.6 Å². The molecule has 5 nitrogen and oxygen atoms in total. The third-order valence-electron chi connectivity index (χ3n) is 5.35. The number of hydrogen-bond donors (Lipinski definition) is 0. The Kier molecular flexibility index (Phi) is 5.68. The molecule has 0 N–H and O–H groups in total. The fraction of sp³-hybridized carbons (Fsp3) is 0.120. The molecule has 1 aliphatic heterocycles. The zero-order valence-electron chi connectivity index (χ0n) is 17.8. The van der Waals surface area contributed by atoms with Gasteiger partial charge in [-0.05, 0) is 48.0 Å². The summed E-state index contributed by atoms with van der Waals surface area (Å²) < 4.78 is 45.0. The molecule has 0 bridgehead atoms. The summed E-state index contributed by atoms with van der Waals surface area (Å²) in [7, 11) is 3.14. The van der Waals surface area contributed by atoms with Crippen molar-refractivity contribution in [3.63, 3.8) is 0 Å². The third-order valence-corrected chi connectivity index (χ3v) is 5.35. The molecule has 0 saturated carbocycles. The van der Waals surface area contributed by atoms with Gasteiger partial charge in [0.15, 0.2) is 0 Å². The van der Waals surface area contributed by atoms with Crippen molar-refractivity contribution in [3.8, 4) is 5.75 Å². The minimum atomic E-state index is -4.61. The first kappa shape index (κ1) is 22.1. The monoisotopic (exact) mass is 452 g/mol. The first-order chi connectivity index (χ1) is 15.7. The van der Waals surface area contributed by atoms with Crippen LogP contribution < -0.4 is 14.5 Å². The summed E-state index contributed by atoms with van der Waals surface area (Å²) >= 11 is 0. The molecule has 3 aromatic rings. The topological polar surface area (TPSA) is 49.9 Å². The lowest BCUT2D eigenvalue weighted by Gasteiger charge is -2.22. The van der Waals surface area contributed by atoms with Crippen LogP contribution in [0.1, 0.15) is 11.1 Å². The van der Waals surface area contributed by atoms with E-state index in [1.54, 1.807) is 60.5 Å². The van der Waals surface area contributed by atoms with Gasteiger partial charge in [-0.25, -0.2) is 4.90 Å². The summed E-state index contributed by atoms with van der Waals surface area (Å²) in [5.74, 6) is -0.859. The number of rotatable bonds is 5. The van der Waals surface area contributed by atoms with E-state index in [9.17, 15) is 22.8 Å². The van der Waals surface area contributed by atoms with Crippen LogP contribution in [0, 0.1) is 0 Å². The maximum absolute atomic E-state index is 13.5. The second-order valence-electron chi connectivity index (χ2n) is 7.34. The number of carbonyl (C=O) groups is 2. The van der Waals surface area contributed by atoms with Gasteiger partial charge in [0.2, 0.25) is 0 Å². The van der Waals surface area contributed by atoms with Crippen molar-refractivity contribution in [2.75, 3.05) is 24.0 Å². The molecule has 0 fully saturated rings. The van der Waals surface area contributed by atoms with E-state index in [0.717, 1.165) is 17.0 Å². The standard InChI is InChI=1S/C25H19F3N2O3/c1-29(18-8-4-3-5-9-18)22-21(16-11-13-20(33-2)14-12-16)23(31)30(24(22)32)19-10-6-7-17(15-19)25(26,27)28/h3-15H,1-2H3. The van der Waals surface area contributed by atoms with E-state index in [1.165, 1.54) is 19.2 Å². The third kappa shape index (κ3) is 4.07. The number of nitrogens with zero attached hydrogens (tertiary/aromatic N) is 2. The van der Waals surface area contributed by atoms with Crippen molar-refractivity contribution < 1.29 is 27.5 Å². The van der Waals surface area contributed by atoms with Crippen molar-refractivity contribution in [2.45, 2.75) is 6.18 Å². The number of carbonyl (C=O) groups excluding carboxylic acids is 2. The molecular weight excluding hydrogens is 433 g/mol. The second-order valence-corrected chi connectivity index (χ2v) is 7.34. The number of methoxy groups -OCH3 is 1. The highest BCUT2D eigenvalue weighted by Gasteiger charge is 2.43. The fourth-order valence-corrected chi connectivity index (χ4v) is 3.68. The highest BCUT2D eigenvalue weighted by atomic mass is 19.4. The number of amides is 2. The van der Waals surface area contributed by atoms with Crippen LogP contribution in [0.3, 0.4) is 0 Å². The Morgan fingerprint density at radius 2 is 1.52 bits per heavy atom. The zero-order valence-corrected chi connectivity index (χ0v) is 17.8. The molecule has 0 saturated heterocycles. The Labute approximate surface area is 188 Å². The summed E-state index contributed by atoms with van der Waals surface area (Å²) in [5.41, 5.74) is 0.144. The lowest BCUT2D eigenvalue weighted by Crippen LogP contribution is -2.34. The number of alkyl halides is 3. The van der Waals surface area contributed by atoms with Crippen LogP contribution in [-0.2, 0) is 15.8 Å². The summed E-state index contributed by atoms with van der Waals surface area (Å²) in [5, 5.41) is 0. The van der Waals surface area contributed by atoms with Gasteiger partial charge in [0.1, 0.15) is 11.4 Å². The molecule has 0 aliphatic carbocycles. The number of para-hydroxylation sites is 1. The van der Waals surface area contributed by atoms with Gasteiger partial charge in [-0.15, -0.1) is 0 Å². The van der Waals surface area contributed by atoms with Gasteiger partial charge in [0.05, 0.1) is 23.9 Å². The van der Waals surface area contributed by atoms with E-state index in [2.05, 4.69) is 0 Å². The average molecular weight is 452 g/mol. The van der Waals surface area contributed by atoms with Crippen molar-refractivity contribution >= 4 is 28.8 Å². The number of anilines is 2. The van der Waals surface area contributed by atoms with Gasteiger partial charge in [-0.3, -0.25) is 9.59 Å². The van der Waals surface area contributed by atoms with E-state index in [1.807, 2.05) is 6.07 Å². The first-order valence-electron chi connectivity index (χ1n) is 9.96. The van der Waals surface area contributed by atoms with Crippen LogP contribution >= 0.6 is 0 Å². The molecule has 0 aromatic heterocycles. The van der Waals surface area contributed by atoms with E-state index in [0.29, 0.717) is 17.0 Å². The second kappa shape index (κ2) is 8.46. The largest absolute Gasteiger partial charge is 0.497 e. The summed E-state index contributed by atoms with van der Waals surface area (Å²) in [6, 6.07) is 19.6. The lowest BCUT2D eigenvalue weighted by molar-refractivity contribution is -0.137. The Morgan fingerprint density at radius 1 is 0.848 bits per heavy atom. The number of ether oxygens (including phenoxy) is 1. The quantitative estimate of drug-likeness (QED) is 0.504. The Balaban J connectivity index is 1.86. The Hall–Kier alpha value is -4.07. The van der Waals surface area contributed by atoms with Crippen LogP contribution in [0.25, 0.3) is 5.57 Å². The van der Waals surface area contributed by atoms with Gasteiger partial charge in [0, 0.05) is 12.7 Å². The maximum atomic E-state index is 13.5. The molecule has 8 heteroatoms. The van der Waals surface area contributed by atoms with Crippen molar-refractivity contribution in [2.24, 2.45) is 0 Å². The molecule has 3 aromatic carbocycles. The van der Waals surface area contributed by atoms with Crippen molar-refractivity contribution in [1.29, 1.82) is 0 Å². The lowest BCUT2D eigenvalue weighted by atomic mass is 10.0. The molecule has 4 rings (SSSR count). The van der Waals surface area contributed by atoms with E-state index >= 15 is 0 Å². The van der Waals surface area contributed by atoms with E-state index < -0.39 is 23.6 Å². The van der Waals surface area contributed by atoms with Crippen molar-refractivity contribution in [1.82, 2.24) is 0 Å². The molecular formula is C25H19F3N2O3. The SMILES string of the molecule is COc1ccc(C2=C(N(C)c3ccccc3)C(=O)N(c3cccc(C(F)(F)F)c3)C2=O)cc1. The van der Waals surface area contributed by atoms with Crippen LogP contribution in [0.2, 0.25) is 0 Å². The molecule has 0 unspecified atom stereocenters. The number of benzene rings is 3. The van der Waals surface area contributed by atoms with Gasteiger partial charge >= 0.3 is 6.18 Å². The highest BCUT2D eigenvalue weighted by molar-refractivity contribution is 6.46. The molecule has 0 spiro atoms. The number of halogens is 3. The number of hydrogen-bond acceptors (Lipinski definition) is 4. The molecule has 1 aliphatic rings. The van der Waals surface area contributed by atoms with E-state index in [-0.39, 0.29) is 17.0 Å². The van der Waals surface area contributed by atoms with E-state index in [4.69, 9.17) is 4.74 Å².